The molecule has 168 valence electrons. The number of aliphatic hydroxyl groups is 1. The molecule has 4 heterocycles. The van der Waals surface area contributed by atoms with Gasteiger partial charge in [0.2, 0.25) is 5.91 Å². The molecule has 0 saturated carbocycles. The van der Waals surface area contributed by atoms with Gasteiger partial charge in [0.05, 0.1) is 18.2 Å². The maximum atomic E-state index is 13.4. The van der Waals surface area contributed by atoms with E-state index < -0.39 is 0 Å². The Kier molecular flexibility index (Phi) is 6.31. The van der Waals surface area contributed by atoms with Crippen molar-refractivity contribution in [3.8, 4) is 11.5 Å². The van der Waals surface area contributed by atoms with Crippen LogP contribution in [0.3, 0.4) is 0 Å². The van der Waals surface area contributed by atoms with Crippen molar-refractivity contribution in [2.24, 2.45) is 11.8 Å². The zero-order valence-electron chi connectivity index (χ0n) is 17.3. The van der Waals surface area contributed by atoms with Gasteiger partial charge in [-0.25, -0.2) is 0 Å². The van der Waals surface area contributed by atoms with Crippen molar-refractivity contribution in [2.75, 3.05) is 32.9 Å². The minimum atomic E-state index is -0.250. The first kappa shape index (κ1) is 21.4. The molecule has 1 aromatic carbocycles. The minimum absolute atomic E-state index is 0.0423. The number of hydrogen-bond acceptors (Lipinski definition) is 6. The van der Waals surface area contributed by atoms with Gasteiger partial charge in [0.25, 0.3) is 12.4 Å². The van der Waals surface area contributed by atoms with Gasteiger partial charge in [0.1, 0.15) is 13.2 Å². The largest absolute Gasteiger partial charge is 0.486 e. The number of hydrogen-bond donors (Lipinski definition) is 2. The molecule has 0 radical (unpaired) electrons. The van der Waals surface area contributed by atoms with Crippen molar-refractivity contribution in [3.05, 3.63) is 23.8 Å². The van der Waals surface area contributed by atoms with Crippen molar-refractivity contribution >= 4 is 18.3 Å². The zero-order valence-corrected chi connectivity index (χ0v) is 17.3. The second-order valence-electron chi connectivity index (χ2n) is 8.41. The lowest BCUT2D eigenvalue weighted by molar-refractivity contribution is -0.154. The smallest absolute Gasteiger partial charge is 0.290 e. The quantitative estimate of drug-likeness (QED) is 0.670. The Morgan fingerprint density at radius 2 is 1.94 bits per heavy atom. The summed E-state index contributed by atoms with van der Waals surface area (Å²) in [6.45, 7) is 1.84. The van der Waals surface area contributed by atoms with E-state index in [1.807, 2.05) is 21.9 Å². The molecule has 2 amide bonds. The highest BCUT2D eigenvalue weighted by Gasteiger charge is 2.50. The fourth-order valence-electron chi connectivity index (χ4n) is 5.59. The summed E-state index contributed by atoms with van der Waals surface area (Å²) < 4.78 is 11.4. The SMILES string of the molecule is O=C(c1cccc2c1OCCO2)N1C[C@H]2C[C@@H](C1)[C@H](CO)N1C(=O)CCC[C@@H]21.O=CO. The number of ether oxygens (including phenoxy) is 2. The van der Waals surface area contributed by atoms with Crippen molar-refractivity contribution in [1.82, 2.24) is 9.80 Å². The van der Waals surface area contributed by atoms with Crippen LogP contribution >= 0.6 is 0 Å². The van der Waals surface area contributed by atoms with Crippen molar-refractivity contribution in [1.29, 1.82) is 0 Å². The zero-order chi connectivity index (χ0) is 22.0. The van der Waals surface area contributed by atoms with Gasteiger partial charge >= 0.3 is 0 Å². The average Bonchev–Trinajstić information content (AvgIpc) is 2.79. The third-order valence-corrected chi connectivity index (χ3v) is 6.77. The molecule has 1 aromatic rings. The van der Waals surface area contributed by atoms with Crippen LogP contribution in [-0.2, 0) is 9.59 Å². The molecule has 3 saturated heterocycles. The summed E-state index contributed by atoms with van der Waals surface area (Å²) in [5.41, 5.74) is 0.536. The highest BCUT2D eigenvalue weighted by Crippen LogP contribution is 2.42. The van der Waals surface area contributed by atoms with Crippen LogP contribution in [0.4, 0.5) is 0 Å². The topological polar surface area (TPSA) is 117 Å². The molecule has 9 nitrogen and oxygen atoms in total. The number of piperidine rings is 3. The van der Waals surface area contributed by atoms with Crippen molar-refractivity contribution in [3.63, 3.8) is 0 Å². The lowest BCUT2D eigenvalue weighted by Gasteiger charge is -2.56. The fraction of sp³-hybridized carbons (Fsp3) is 0.591. The summed E-state index contributed by atoms with van der Waals surface area (Å²) in [6, 6.07) is 5.39. The predicted molar refractivity (Wildman–Crippen MR) is 109 cm³/mol. The first-order valence-corrected chi connectivity index (χ1v) is 10.8. The van der Waals surface area contributed by atoms with Gasteiger partial charge in [-0.2, -0.15) is 0 Å². The lowest BCUT2D eigenvalue weighted by Crippen LogP contribution is -2.66. The summed E-state index contributed by atoms with van der Waals surface area (Å²) in [5, 5.41) is 16.9. The second-order valence-corrected chi connectivity index (χ2v) is 8.41. The lowest BCUT2D eigenvalue weighted by atomic mass is 9.72. The van der Waals surface area contributed by atoms with Crippen LogP contribution in [0, 0.1) is 11.8 Å². The molecule has 4 aliphatic heterocycles. The average molecular weight is 432 g/mol. The van der Waals surface area contributed by atoms with E-state index in [0.717, 1.165) is 19.3 Å². The van der Waals surface area contributed by atoms with E-state index in [4.69, 9.17) is 19.4 Å². The molecule has 4 aliphatic rings. The number of nitrogens with zero attached hydrogens (tertiary/aromatic N) is 2. The number of fused-ring (bicyclic) bond motifs is 5. The molecular weight excluding hydrogens is 404 g/mol. The molecule has 0 unspecified atom stereocenters. The maximum Gasteiger partial charge on any atom is 0.290 e. The normalized spacial score (nSPS) is 28.7. The molecule has 0 aromatic heterocycles. The van der Waals surface area contributed by atoms with Gasteiger partial charge in [-0.1, -0.05) is 6.07 Å². The summed E-state index contributed by atoms with van der Waals surface area (Å²) >= 11 is 0. The Balaban J connectivity index is 0.000000730. The number of carbonyl (C=O) groups is 3. The van der Waals surface area contributed by atoms with Gasteiger partial charge < -0.3 is 29.5 Å². The van der Waals surface area contributed by atoms with E-state index in [-0.39, 0.29) is 48.8 Å². The molecule has 9 heteroatoms. The van der Waals surface area contributed by atoms with E-state index in [1.54, 1.807) is 6.07 Å². The number of likely N-dealkylation sites (tertiary alicyclic amines) is 1. The molecule has 2 bridgehead atoms. The molecule has 5 rings (SSSR count). The van der Waals surface area contributed by atoms with Crippen LogP contribution in [0.1, 0.15) is 36.0 Å². The van der Waals surface area contributed by atoms with Gasteiger partial charge in [-0.3, -0.25) is 14.4 Å². The van der Waals surface area contributed by atoms with Crippen molar-refractivity contribution < 1.29 is 34.1 Å². The Morgan fingerprint density at radius 3 is 2.71 bits per heavy atom. The number of carboxylic acid groups (broad SMARTS) is 1. The van der Waals surface area contributed by atoms with E-state index in [0.29, 0.717) is 49.8 Å². The van der Waals surface area contributed by atoms with Crippen LogP contribution in [0.2, 0.25) is 0 Å². The number of rotatable bonds is 2. The van der Waals surface area contributed by atoms with Crippen LogP contribution < -0.4 is 9.47 Å². The first-order chi connectivity index (χ1) is 15.1. The van der Waals surface area contributed by atoms with Crippen molar-refractivity contribution in [2.45, 2.75) is 37.8 Å². The Morgan fingerprint density at radius 1 is 1.19 bits per heavy atom. The number of aliphatic hydroxyl groups excluding tert-OH is 1. The summed E-state index contributed by atoms with van der Waals surface area (Å²) in [5.74, 6) is 1.64. The molecule has 4 atom stereocenters. The molecular formula is C22H28N2O7. The van der Waals surface area contributed by atoms with Gasteiger partial charge in [-0.05, 0) is 43.2 Å². The fourth-order valence-corrected chi connectivity index (χ4v) is 5.59. The summed E-state index contributed by atoms with van der Waals surface area (Å²) in [6.07, 6.45) is 3.39. The monoisotopic (exact) mass is 432 g/mol. The summed E-state index contributed by atoms with van der Waals surface area (Å²) in [4.78, 5) is 38.1. The minimum Gasteiger partial charge on any atom is -0.486 e. The third-order valence-electron chi connectivity index (χ3n) is 6.77. The predicted octanol–water partition coefficient (Wildman–Crippen LogP) is 0.992. The van der Waals surface area contributed by atoms with Crippen LogP contribution in [0.5, 0.6) is 11.5 Å². The van der Waals surface area contributed by atoms with Gasteiger partial charge in [0, 0.05) is 25.6 Å². The number of benzene rings is 1. The Hall–Kier alpha value is -2.81. The maximum absolute atomic E-state index is 13.4. The molecule has 2 N–H and O–H groups in total. The van der Waals surface area contributed by atoms with E-state index in [2.05, 4.69) is 0 Å². The highest BCUT2D eigenvalue weighted by molar-refractivity contribution is 5.98. The standard InChI is InChI=1S/C21H26N2O5.CH2O2/c24-12-17-14-9-13(16-4-2-6-19(25)23(16)17)10-22(11-14)21(26)15-3-1-5-18-20(15)28-8-7-27-18;2-1-3/h1,3,5,13-14,16-17,24H,2,4,6-12H2;1H,(H,2,3)/t13-,14+,16+,17+;/m1./s1. The molecule has 3 fully saturated rings. The number of amides is 2. The molecule has 0 spiro atoms. The first-order valence-electron chi connectivity index (χ1n) is 10.8. The van der Waals surface area contributed by atoms with E-state index >= 15 is 0 Å². The second kappa shape index (κ2) is 9.13. The van der Waals surface area contributed by atoms with Crippen LogP contribution in [0.15, 0.2) is 18.2 Å². The van der Waals surface area contributed by atoms with E-state index in [9.17, 15) is 14.7 Å². The molecule has 31 heavy (non-hydrogen) atoms. The van der Waals surface area contributed by atoms with Gasteiger partial charge in [-0.15, -0.1) is 0 Å². The van der Waals surface area contributed by atoms with Crippen LogP contribution in [0.25, 0.3) is 0 Å². The Bertz CT molecular complexity index is 831. The third kappa shape index (κ3) is 3.94. The highest BCUT2D eigenvalue weighted by atomic mass is 16.6. The van der Waals surface area contributed by atoms with Gasteiger partial charge in [0.15, 0.2) is 11.5 Å². The van der Waals surface area contributed by atoms with E-state index in [1.165, 1.54) is 0 Å². The van der Waals surface area contributed by atoms with Crippen LogP contribution in [-0.4, -0.2) is 83.3 Å². The number of carbonyl (C=O) groups excluding carboxylic acids is 2. The molecule has 0 aliphatic carbocycles. The Labute approximate surface area is 180 Å². The number of para-hydroxylation sites is 1. The summed E-state index contributed by atoms with van der Waals surface area (Å²) in [7, 11) is 0.